The summed E-state index contributed by atoms with van der Waals surface area (Å²) < 4.78 is 0. The molecule has 0 aromatic carbocycles. The van der Waals surface area contributed by atoms with Crippen molar-refractivity contribution in [3.63, 3.8) is 0 Å². The molecule has 0 fully saturated rings. The summed E-state index contributed by atoms with van der Waals surface area (Å²) in [7, 11) is 0. The molecule has 78 valence electrons. The first kappa shape index (κ1) is 10.0. The van der Waals surface area contributed by atoms with Crippen LogP contribution >= 0.6 is 11.8 Å². The molecule has 2 rings (SSSR count). The monoisotopic (exact) mass is 220 g/mol. The van der Waals surface area contributed by atoms with Crippen LogP contribution in [0.1, 0.15) is 6.92 Å². The van der Waals surface area contributed by atoms with Gasteiger partial charge in [0, 0.05) is 18.9 Å². The highest BCUT2D eigenvalue weighted by molar-refractivity contribution is 7.99. The number of imidazole rings is 1. The number of rotatable bonds is 4. The van der Waals surface area contributed by atoms with Crippen molar-refractivity contribution < 1.29 is 0 Å². The van der Waals surface area contributed by atoms with Crippen molar-refractivity contribution in [2.75, 3.05) is 11.9 Å². The number of aromatic nitrogens is 3. The Kier molecular flexibility index (Phi) is 3.24. The third-order valence-electron chi connectivity index (χ3n) is 1.76. The number of anilines is 1. The molecule has 0 aliphatic carbocycles. The fourth-order valence-electron chi connectivity index (χ4n) is 1.16. The van der Waals surface area contributed by atoms with Gasteiger partial charge in [-0.05, 0) is 30.8 Å². The van der Waals surface area contributed by atoms with Crippen molar-refractivity contribution >= 4 is 17.6 Å². The van der Waals surface area contributed by atoms with Gasteiger partial charge >= 0.3 is 0 Å². The zero-order valence-electron chi connectivity index (χ0n) is 8.40. The van der Waals surface area contributed by atoms with Crippen LogP contribution in [0.4, 0.5) is 5.82 Å². The molecule has 5 heteroatoms. The first-order valence-corrected chi connectivity index (χ1v) is 5.58. The van der Waals surface area contributed by atoms with Gasteiger partial charge in [0.05, 0.1) is 0 Å². The average Bonchev–Trinajstić information content (AvgIpc) is 2.71. The summed E-state index contributed by atoms with van der Waals surface area (Å²) in [6.07, 6.45) is 3.53. The van der Waals surface area contributed by atoms with E-state index in [-0.39, 0.29) is 0 Å². The fraction of sp³-hybridized carbons (Fsp3) is 0.200. The van der Waals surface area contributed by atoms with Crippen LogP contribution < -0.4 is 5.32 Å². The second-order valence-corrected chi connectivity index (χ2v) is 3.90. The summed E-state index contributed by atoms with van der Waals surface area (Å²) in [4.78, 5) is 11.6. The molecule has 0 atom stereocenters. The lowest BCUT2D eigenvalue weighted by atomic mass is 10.4. The van der Waals surface area contributed by atoms with E-state index in [1.165, 1.54) is 11.8 Å². The van der Waals surface area contributed by atoms with Gasteiger partial charge in [0.25, 0.3) is 0 Å². The second kappa shape index (κ2) is 4.84. The van der Waals surface area contributed by atoms with E-state index < -0.39 is 0 Å². The summed E-state index contributed by atoms with van der Waals surface area (Å²) in [5.41, 5.74) is 0. The molecule has 2 aromatic rings. The molecule has 0 saturated heterocycles. The molecule has 2 heterocycles. The standard InChI is InChI=1S/C10H12N4S/c1-2-11-8-4-3-5-9(14-8)15-10-12-6-7-13-10/h3-7H,2H2,1H3,(H,11,14)(H,12,13). The molecule has 0 saturated carbocycles. The van der Waals surface area contributed by atoms with E-state index >= 15 is 0 Å². The van der Waals surface area contributed by atoms with Gasteiger partial charge in [0.1, 0.15) is 10.8 Å². The van der Waals surface area contributed by atoms with E-state index in [9.17, 15) is 0 Å². The maximum atomic E-state index is 4.43. The summed E-state index contributed by atoms with van der Waals surface area (Å²) in [5, 5.41) is 4.96. The first-order valence-electron chi connectivity index (χ1n) is 4.76. The smallest absolute Gasteiger partial charge is 0.171 e. The average molecular weight is 220 g/mol. The Morgan fingerprint density at radius 3 is 3.13 bits per heavy atom. The minimum atomic E-state index is 0.858. The molecule has 0 amide bonds. The van der Waals surface area contributed by atoms with Crippen LogP contribution in [0.15, 0.2) is 40.8 Å². The second-order valence-electron chi connectivity index (χ2n) is 2.89. The maximum absolute atomic E-state index is 4.43. The van der Waals surface area contributed by atoms with Gasteiger partial charge in [-0.3, -0.25) is 0 Å². The summed E-state index contributed by atoms with van der Waals surface area (Å²) in [6.45, 7) is 2.93. The van der Waals surface area contributed by atoms with E-state index in [1.54, 1.807) is 12.4 Å². The highest BCUT2D eigenvalue weighted by Crippen LogP contribution is 2.23. The van der Waals surface area contributed by atoms with E-state index in [4.69, 9.17) is 0 Å². The Morgan fingerprint density at radius 2 is 2.40 bits per heavy atom. The topological polar surface area (TPSA) is 53.6 Å². The number of nitrogens with zero attached hydrogens (tertiary/aromatic N) is 2. The molecule has 15 heavy (non-hydrogen) atoms. The number of aromatic amines is 1. The number of H-pyrrole nitrogens is 1. The molecule has 0 spiro atoms. The third-order valence-corrected chi connectivity index (χ3v) is 2.61. The van der Waals surface area contributed by atoms with Gasteiger partial charge in [-0.15, -0.1) is 0 Å². The van der Waals surface area contributed by atoms with Gasteiger partial charge in [-0.1, -0.05) is 6.07 Å². The van der Waals surface area contributed by atoms with Crippen molar-refractivity contribution in [3.8, 4) is 0 Å². The van der Waals surface area contributed by atoms with Crippen LogP contribution in [0, 0.1) is 0 Å². The van der Waals surface area contributed by atoms with Crippen LogP contribution in [0.3, 0.4) is 0 Å². The largest absolute Gasteiger partial charge is 0.370 e. The van der Waals surface area contributed by atoms with Crippen molar-refractivity contribution in [1.82, 2.24) is 15.0 Å². The van der Waals surface area contributed by atoms with Crippen molar-refractivity contribution in [1.29, 1.82) is 0 Å². The van der Waals surface area contributed by atoms with Gasteiger partial charge < -0.3 is 10.3 Å². The van der Waals surface area contributed by atoms with Gasteiger partial charge in [-0.2, -0.15) is 0 Å². The van der Waals surface area contributed by atoms with Crippen molar-refractivity contribution in [2.45, 2.75) is 17.1 Å². The molecule has 0 bridgehead atoms. The first-order chi connectivity index (χ1) is 7.38. The number of nitrogens with one attached hydrogen (secondary N) is 2. The minimum absolute atomic E-state index is 0.858. The van der Waals surface area contributed by atoms with Crippen LogP contribution in [0.2, 0.25) is 0 Å². The summed E-state index contributed by atoms with van der Waals surface area (Å²) in [6, 6.07) is 5.90. The summed E-state index contributed by atoms with van der Waals surface area (Å²) >= 11 is 1.52. The molecule has 0 aliphatic heterocycles. The predicted octanol–water partition coefficient (Wildman–Crippen LogP) is 2.39. The van der Waals surface area contributed by atoms with Gasteiger partial charge in [0.2, 0.25) is 0 Å². The highest BCUT2D eigenvalue weighted by Gasteiger charge is 2.01. The number of hydrogen-bond acceptors (Lipinski definition) is 4. The zero-order valence-corrected chi connectivity index (χ0v) is 9.21. The molecule has 0 unspecified atom stereocenters. The minimum Gasteiger partial charge on any atom is -0.370 e. The quantitative estimate of drug-likeness (QED) is 0.830. The molecule has 0 radical (unpaired) electrons. The summed E-state index contributed by atoms with van der Waals surface area (Å²) in [5.74, 6) is 0.897. The Morgan fingerprint density at radius 1 is 1.47 bits per heavy atom. The Balaban J connectivity index is 2.11. The predicted molar refractivity (Wildman–Crippen MR) is 61.1 cm³/mol. The van der Waals surface area contributed by atoms with E-state index in [0.717, 1.165) is 22.5 Å². The van der Waals surface area contributed by atoms with Crippen LogP contribution in [0.5, 0.6) is 0 Å². The lowest BCUT2D eigenvalue weighted by Gasteiger charge is -2.03. The van der Waals surface area contributed by atoms with Gasteiger partial charge in [-0.25, -0.2) is 9.97 Å². The van der Waals surface area contributed by atoms with Crippen molar-refractivity contribution in [3.05, 3.63) is 30.6 Å². The molecular formula is C10H12N4S. The fourth-order valence-corrected chi connectivity index (χ4v) is 1.89. The van der Waals surface area contributed by atoms with E-state index in [2.05, 4.69) is 20.3 Å². The zero-order chi connectivity index (χ0) is 10.5. The van der Waals surface area contributed by atoms with Crippen molar-refractivity contribution in [2.24, 2.45) is 0 Å². The molecule has 4 nitrogen and oxygen atoms in total. The van der Waals surface area contributed by atoms with E-state index in [0.29, 0.717) is 0 Å². The molecule has 2 aromatic heterocycles. The Hall–Kier alpha value is -1.49. The van der Waals surface area contributed by atoms with E-state index in [1.807, 2.05) is 25.1 Å². The molecule has 0 aliphatic rings. The normalized spacial score (nSPS) is 10.2. The Bertz CT molecular complexity index is 413. The van der Waals surface area contributed by atoms with Gasteiger partial charge in [0.15, 0.2) is 5.16 Å². The molecular weight excluding hydrogens is 208 g/mol. The van der Waals surface area contributed by atoms with Crippen LogP contribution in [0.25, 0.3) is 0 Å². The highest BCUT2D eigenvalue weighted by atomic mass is 32.2. The van der Waals surface area contributed by atoms with Crippen LogP contribution in [-0.4, -0.2) is 21.5 Å². The maximum Gasteiger partial charge on any atom is 0.171 e. The third kappa shape index (κ3) is 2.73. The lowest BCUT2D eigenvalue weighted by Crippen LogP contribution is -1.98. The van der Waals surface area contributed by atoms with Crippen LogP contribution in [-0.2, 0) is 0 Å². The number of hydrogen-bond donors (Lipinski definition) is 2. The Labute approximate surface area is 92.5 Å². The molecule has 2 N–H and O–H groups in total. The number of pyridine rings is 1. The lowest BCUT2D eigenvalue weighted by molar-refractivity contribution is 1.03. The SMILES string of the molecule is CCNc1cccc(Sc2ncc[nH]2)n1.